The molecule has 2 heteroatoms. The third-order valence-corrected chi connectivity index (χ3v) is 6.82. The van der Waals surface area contributed by atoms with Crippen LogP contribution in [0.15, 0.2) is 72.9 Å². The summed E-state index contributed by atoms with van der Waals surface area (Å²) in [6.45, 7) is 5.50. The Morgan fingerprint density at radius 2 is 1.45 bits per heavy atom. The highest BCUT2D eigenvalue weighted by atomic mass is 28.3. The number of Topliss-reactive ketones (excluding diaryl/α,β-unsaturated/α-hetero) is 1. The molecule has 98 valence electrons. The van der Waals surface area contributed by atoms with E-state index in [1.807, 2.05) is 42.1 Å². The van der Waals surface area contributed by atoms with Gasteiger partial charge in [-0.2, -0.15) is 0 Å². The number of hydrogen-bond donors (Lipinski definition) is 0. The van der Waals surface area contributed by atoms with Gasteiger partial charge in [-0.25, -0.2) is 0 Å². The second-order valence-corrected chi connectivity index (χ2v) is 7.98. The van der Waals surface area contributed by atoms with Gasteiger partial charge >= 0.3 is 0 Å². The van der Waals surface area contributed by atoms with E-state index in [0.29, 0.717) is 0 Å². The van der Waals surface area contributed by atoms with E-state index in [0.717, 1.165) is 10.4 Å². The molecular weight excluding hydrogens is 260 g/mol. The summed E-state index contributed by atoms with van der Waals surface area (Å²) in [6.07, 6.45) is 0. The Kier molecular flexibility index (Phi) is 4.34. The predicted molar refractivity (Wildman–Crippen MR) is 86.6 cm³/mol. The van der Waals surface area contributed by atoms with E-state index >= 15 is 0 Å². The SMILES string of the molecule is C=C[Si](C#CC(C)=O)(c1ccccc1)c1ccccc1. The van der Waals surface area contributed by atoms with Crippen LogP contribution in [0.1, 0.15) is 6.92 Å². The lowest BCUT2D eigenvalue weighted by atomic mass is 10.4. The summed E-state index contributed by atoms with van der Waals surface area (Å²) in [6, 6.07) is 20.2. The minimum atomic E-state index is -2.40. The van der Waals surface area contributed by atoms with Gasteiger partial charge in [0.1, 0.15) is 0 Å². The molecule has 0 heterocycles. The molecule has 0 aromatic heterocycles. The topological polar surface area (TPSA) is 17.1 Å². The molecule has 0 N–H and O–H groups in total. The Hall–Kier alpha value is -2.37. The fourth-order valence-corrected chi connectivity index (χ4v) is 5.19. The first-order valence-corrected chi connectivity index (χ1v) is 8.55. The number of ketones is 1. The molecule has 0 spiro atoms. The maximum absolute atomic E-state index is 11.3. The van der Waals surface area contributed by atoms with Crippen molar-refractivity contribution < 1.29 is 4.79 Å². The van der Waals surface area contributed by atoms with Crippen LogP contribution in [0.5, 0.6) is 0 Å². The summed E-state index contributed by atoms with van der Waals surface area (Å²) in [5.41, 5.74) is 5.17. The van der Waals surface area contributed by atoms with Gasteiger partial charge in [-0.3, -0.25) is 4.79 Å². The summed E-state index contributed by atoms with van der Waals surface area (Å²) in [5, 5.41) is 2.30. The number of carbonyl (C=O) groups excluding carboxylic acids is 1. The molecule has 0 aliphatic heterocycles. The van der Waals surface area contributed by atoms with Gasteiger partial charge in [0, 0.05) is 6.92 Å². The fraction of sp³-hybridized carbons (Fsp3) is 0.0556. The monoisotopic (exact) mass is 276 g/mol. The molecule has 0 unspecified atom stereocenters. The van der Waals surface area contributed by atoms with E-state index in [-0.39, 0.29) is 5.78 Å². The molecule has 0 fully saturated rings. The average Bonchev–Trinajstić information content (AvgIpc) is 2.50. The third-order valence-electron chi connectivity index (χ3n) is 3.20. The van der Waals surface area contributed by atoms with Crippen molar-refractivity contribution in [1.82, 2.24) is 0 Å². The van der Waals surface area contributed by atoms with Crippen LogP contribution in [0.3, 0.4) is 0 Å². The van der Waals surface area contributed by atoms with Crippen molar-refractivity contribution in [2.24, 2.45) is 0 Å². The molecule has 0 aliphatic carbocycles. The Bertz CT molecular complexity index is 623. The van der Waals surface area contributed by atoms with Crippen LogP contribution in [0.4, 0.5) is 0 Å². The molecule has 2 aromatic carbocycles. The average molecular weight is 276 g/mol. The van der Waals surface area contributed by atoms with Crippen LogP contribution in [-0.2, 0) is 4.79 Å². The smallest absolute Gasteiger partial charge is 0.222 e. The lowest BCUT2D eigenvalue weighted by Crippen LogP contribution is -2.56. The van der Waals surface area contributed by atoms with Gasteiger partial charge < -0.3 is 0 Å². The first-order chi connectivity index (χ1) is 9.69. The van der Waals surface area contributed by atoms with Crippen LogP contribution in [0, 0.1) is 11.5 Å². The standard InChI is InChI=1S/C18H16OSi/c1-3-20(15-14-16(2)19,17-10-6-4-7-11-17)18-12-8-5-9-13-18/h3-13H,1H2,2H3. The van der Waals surface area contributed by atoms with Gasteiger partial charge in [-0.15, -0.1) is 12.1 Å². The zero-order valence-electron chi connectivity index (χ0n) is 11.5. The van der Waals surface area contributed by atoms with Gasteiger partial charge in [-0.05, 0) is 16.3 Å². The Morgan fingerprint density at radius 1 is 1.00 bits per heavy atom. The zero-order valence-corrected chi connectivity index (χ0v) is 12.5. The molecule has 0 aliphatic rings. The molecule has 0 saturated carbocycles. The van der Waals surface area contributed by atoms with Crippen LogP contribution in [0.2, 0.25) is 0 Å². The largest absolute Gasteiger partial charge is 0.285 e. The molecule has 2 aromatic rings. The Morgan fingerprint density at radius 3 is 1.80 bits per heavy atom. The Balaban J connectivity index is 2.69. The number of benzene rings is 2. The van der Waals surface area contributed by atoms with Crippen molar-refractivity contribution in [2.75, 3.05) is 0 Å². The molecule has 0 amide bonds. The van der Waals surface area contributed by atoms with Gasteiger partial charge in [0.05, 0.1) is 0 Å². The first kappa shape index (κ1) is 14.0. The fourth-order valence-electron chi connectivity index (χ4n) is 2.19. The highest BCUT2D eigenvalue weighted by molar-refractivity contribution is 7.11. The molecule has 0 saturated heterocycles. The van der Waals surface area contributed by atoms with Crippen LogP contribution in [-0.4, -0.2) is 13.9 Å². The second-order valence-electron chi connectivity index (χ2n) is 4.55. The van der Waals surface area contributed by atoms with Gasteiger partial charge in [0.15, 0.2) is 0 Å². The first-order valence-electron chi connectivity index (χ1n) is 6.47. The van der Waals surface area contributed by atoms with E-state index < -0.39 is 8.07 Å². The van der Waals surface area contributed by atoms with E-state index in [4.69, 9.17) is 0 Å². The number of hydrogen-bond acceptors (Lipinski definition) is 1. The van der Waals surface area contributed by atoms with Gasteiger partial charge in [0.25, 0.3) is 0 Å². The molecule has 0 bridgehead atoms. The van der Waals surface area contributed by atoms with Crippen molar-refractivity contribution in [2.45, 2.75) is 6.92 Å². The van der Waals surface area contributed by atoms with Crippen molar-refractivity contribution in [1.29, 1.82) is 0 Å². The highest BCUT2D eigenvalue weighted by Gasteiger charge is 2.32. The van der Waals surface area contributed by atoms with E-state index in [9.17, 15) is 4.79 Å². The van der Waals surface area contributed by atoms with Crippen molar-refractivity contribution >= 4 is 24.2 Å². The van der Waals surface area contributed by atoms with Crippen LogP contribution >= 0.6 is 0 Å². The lowest BCUT2D eigenvalue weighted by molar-refractivity contribution is -0.111. The molecule has 2 rings (SSSR count). The predicted octanol–water partition coefficient (Wildman–Crippen LogP) is 2.11. The van der Waals surface area contributed by atoms with Crippen LogP contribution < -0.4 is 10.4 Å². The number of carbonyl (C=O) groups is 1. The van der Waals surface area contributed by atoms with Crippen molar-refractivity contribution in [3.05, 3.63) is 72.9 Å². The molecular formula is C18H16OSi. The minimum absolute atomic E-state index is 0.115. The summed E-state index contributed by atoms with van der Waals surface area (Å²) >= 11 is 0. The number of rotatable bonds is 3. The van der Waals surface area contributed by atoms with Gasteiger partial charge in [0.2, 0.25) is 13.9 Å². The van der Waals surface area contributed by atoms with Gasteiger partial charge in [-0.1, -0.05) is 66.4 Å². The summed E-state index contributed by atoms with van der Waals surface area (Å²) in [7, 11) is -2.40. The quantitative estimate of drug-likeness (QED) is 0.620. The third kappa shape index (κ3) is 2.79. The van der Waals surface area contributed by atoms with E-state index in [1.54, 1.807) is 0 Å². The van der Waals surface area contributed by atoms with Crippen molar-refractivity contribution in [3.8, 4) is 11.5 Å². The van der Waals surface area contributed by atoms with Crippen molar-refractivity contribution in [3.63, 3.8) is 0 Å². The summed E-state index contributed by atoms with van der Waals surface area (Å²) in [5.74, 6) is 2.62. The Labute approximate surface area is 121 Å². The maximum Gasteiger partial charge on any atom is 0.222 e. The summed E-state index contributed by atoms with van der Waals surface area (Å²) in [4.78, 5) is 11.3. The molecule has 0 atom stereocenters. The molecule has 20 heavy (non-hydrogen) atoms. The van der Waals surface area contributed by atoms with Crippen LogP contribution in [0.25, 0.3) is 0 Å². The molecule has 1 nitrogen and oxygen atoms in total. The van der Waals surface area contributed by atoms with E-state index in [2.05, 4.69) is 42.3 Å². The summed E-state index contributed by atoms with van der Waals surface area (Å²) < 4.78 is 0. The lowest BCUT2D eigenvalue weighted by Gasteiger charge is -2.23. The highest BCUT2D eigenvalue weighted by Crippen LogP contribution is 2.06. The zero-order chi connectivity index (χ0) is 14.4. The normalized spacial score (nSPS) is 10.2. The second kappa shape index (κ2) is 6.18. The van der Waals surface area contributed by atoms with E-state index in [1.165, 1.54) is 6.92 Å². The molecule has 0 radical (unpaired) electrons. The minimum Gasteiger partial charge on any atom is -0.285 e. The maximum atomic E-state index is 11.3.